The Morgan fingerprint density at radius 1 is 1.04 bits per heavy atom. The Kier molecular flexibility index (Phi) is 6.59. The zero-order valence-electron chi connectivity index (χ0n) is 14.7. The van der Waals surface area contributed by atoms with Crippen LogP contribution in [0.1, 0.15) is 11.1 Å². The van der Waals surface area contributed by atoms with E-state index in [1.54, 1.807) is 12.1 Å². The lowest BCUT2D eigenvalue weighted by molar-refractivity contribution is -0.138. The van der Waals surface area contributed by atoms with E-state index in [2.05, 4.69) is 21.2 Å². The number of amides is 1. The third-order valence-electron chi connectivity index (χ3n) is 3.64. The average molecular weight is 448 g/mol. The van der Waals surface area contributed by atoms with Crippen molar-refractivity contribution in [2.75, 3.05) is 26.6 Å². The second-order valence-corrected chi connectivity index (χ2v) is 6.31. The molecule has 0 spiro atoms. The van der Waals surface area contributed by atoms with Gasteiger partial charge in [-0.05, 0) is 35.9 Å². The van der Waals surface area contributed by atoms with Crippen molar-refractivity contribution < 1.29 is 32.2 Å². The van der Waals surface area contributed by atoms with Gasteiger partial charge in [-0.2, -0.15) is 13.2 Å². The van der Waals surface area contributed by atoms with Gasteiger partial charge < -0.3 is 19.5 Å². The minimum absolute atomic E-state index is 0.0444. The predicted molar refractivity (Wildman–Crippen MR) is 97.6 cm³/mol. The number of hydrogen-bond acceptors (Lipinski definition) is 4. The Morgan fingerprint density at radius 3 is 2.11 bits per heavy atom. The number of benzene rings is 2. The quantitative estimate of drug-likeness (QED) is 0.698. The summed E-state index contributed by atoms with van der Waals surface area (Å²) >= 11 is 2.86. The van der Waals surface area contributed by atoms with Gasteiger partial charge in [0.25, 0.3) is 0 Å². The molecule has 27 heavy (non-hydrogen) atoms. The average Bonchev–Trinajstić information content (AvgIpc) is 2.61. The number of carbonyl (C=O) groups is 1. The summed E-state index contributed by atoms with van der Waals surface area (Å²) in [5.41, 5.74) is -0.272. The fourth-order valence-electron chi connectivity index (χ4n) is 2.45. The van der Waals surface area contributed by atoms with E-state index in [1.165, 1.54) is 33.5 Å². The van der Waals surface area contributed by atoms with Crippen LogP contribution in [0, 0.1) is 0 Å². The number of alkyl halides is 3. The smallest absolute Gasteiger partial charge is 0.417 e. The first-order valence-corrected chi connectivity index (χ1v) is 8.44. The fraction of sp³-hybridized carbons (Fsp3) is 0.278. The van der Waals surface area contributed by atoms with Crippen molar-refractivity contribution in [1.29, 1.82) is 0 Å². The summed E-state index contributed by atoms with van der Waals surface area (Å²) in [6, 6.07) is 6.69. The molecule has 0 heterocycles. The molecule has 1 amide bonds. The van der Waals surface area contributed by atoms with E-state index < -0.39 is 17.6 Å². The van der Waals surface area contributed by atoms with Crippen LogP contribution in [-0.4, -0.2) is 27.2 Å². The molecule has 0 aromatic heterocycles. The molecule has 2 rings (SSSR count). The highest BCUT2D eigenvalue weighted by Gasteiger charge is 2.33. The van der Waals surface area contributed by atoms with Gasteiger partial charge in [0, 0.05) is 10.2 Å². The highest BCUT2D eigenvalue weighted by atomic mass is 79.9. The van der Waals surface area contributed by atoms with Crippen LogP contribution in [0.4, 0.5) is 18.9 Å². The molecule has 0 aliphatic carbocycles. The maximum atomic E-state index is 13.0. The van der Waals surface area contributed by atoms with E-state index in [0.717, 1.165) is 6.07 Å². The molecule has 0 unspecified atom stereocenters. The number of ether oxygens (including phenoxy) is 3. The van der Waals surface area contributed by atoms with Crippen LogP contribution < -0.4 is 19.5 Å². The van der Waals surface area contributed by atoms with Crippen LogP contribution in [0.25, 0.3) is 0 Å². The predicted octanol–water partition coefficient (Wildman–Crippen LogP) is 4.67. The number of anilines is 1. The van der Waals surface area contributed by atoms with Gasteiger partial charge in [0.05, 0.1) is 33.3 Å². The minimum atomic E-state index is -4.53. The monoisotopic (exact) mass is 447 g/mol. The second kappa shape index (κ2) is 8.51. The van der Waals surface area contributed by atoms with Gasteiger partial charge in [-0.25, -0.2) is 0 Å². The third kappa shape index (κ3) is 5.06. The molecular formula is C18H17BrF3NO4. The molecule has 0 atom stereocenters. The summed E-state index contributed by atoms with van der Waals surface area (Å²) < 4.78 is 54.5. The van der Waals surface area contributed by atoms with E-state index in [-0.39, 0.29) is 16.6 Å². The molecule has 0 saturated carbocycles. The molecule has 5 nitrogen and oxygen atoms in total. The van der Waals surface area contributed by atoms with E-state index in [9.17, 15) is 18.0 Å². The van der Waals surface area contributed by atoms with E-state index in [0.29, 0.717) is 22.8 Å². The minimum Gasteiger partial charge on any atom is -0.493 e. The van der Waals surface area contributed by atoms with Crippen LogP contribution in [0.5, 0.6) is 17.2 Å². The molecule has 0 fully saturated rings. The number of halogens is 4. The van der Waals surface area contributed by atoms with Gasteiger partial charge in [0.1, 0.15) is 0 Å². The van der Waals surface area contributed by atoms with Crippen molar-refractivity contribution in [2.24, 2.45) is 0 Å². The van der Waals surface area contributed by atoms with Gasteiger partial charge in [0.2, 0.25) is 11.7 Å². The lowest BCUT2D eigenvalue weighted by atomic mass is 10.1. The van der Waals surface area contributed by atoms with Gasteiger partial charge in [-0.1, -0.05) is 15.9 Å². The van der Waals surface area contributed by atoms with Gasteiger partial charge in [-0.15, -0.1) is 0 Å². The third-order valence-corrected chi connectivity index (χ3v) is 4.34. The molecule has 0 bridgehead atoms. The summed E-state index contributed by atoms with van der Waals surface area (Å²) in [4.78, 5) is 12.3. The SMILES string of the molecule is COc1cc(CC(=O)Nc2ccc(Br)c(C(F)(F)F)c2)cc(OC)c1OC. The van der Waals surface area contributed by atoms with Crippen LogP contribution in [0.2, 0.25) is 0 Å². The summed E-state index contributed by atoms with van der Waals surface area (Å²) in [5, 5.41) is 2.46. The molecule has 9 heteroatoms. The van der Waals surface area contributed by atoms with E-state index >= 15 is 0 Å². The van der Waals surface area contributed by atoms with Crippen LogP contribution in [0.15, 0.2) is 34.8 Å². The normalized spacial score (nSPS) is 11.1. The lowest BCUT2D eigenvalue weighted by Gasteiger charge is -2.14. The fourth-order valence-corrected chi connectivity index (χ4v) is 2.92. The lowest BCUT2D eigenvalue weighted by Crippen LogP contribution is -2.15. The van der Waals surface area contributed by atoms with Crippen molar-refractivity contribution in [3.8, 4) is 17.2 Å². The maximum Gasteiger partial charge on any atom is 0.417 e. The zero-order valence-corrected chi connectivity index (χ0v) is 16.3. The molecule has 2 aromatic carbocycles. The summed E-state index contributed by atoms with van der Waals surface area (Å²) in [7, 11) is 4.35. The largest absolute Gasteiger partial charge is 0.493 e. The van der Waals surface area contributed by atoms with Crippen molar-refractivity contribution in [3.63, 3.8) is 0 Å². The number of rotatable bonds is 6. The summed E-state index contributed by atoms with van der Waals surface area (Å²) in [5.74, 6) is 0.650. The topological polar surface area (TPSA) is 56.8 Å². The molecule has 0 aliphatic heterocycles. The van der Waals surface area contributed by atoms with Gasteiger partial charge in [-0.3, -0.25) is 4.79 Å². The van der Waals surface area contributed by atoms with Gasteiger partial charge in [0.15, 0.2) is 11.5 Å². The van der Waals surface area contributed by atoms with Crippen molar-refractivity contribution >= 4 is 27.5 Å². The molecule has 0 radical (unpaired) electrons. The molecule has 0 aliphatic rings. The second-order valence-electron chi connectivity index (χ2n) is 5.45. The Morgan fingerprint density at radius 2 is 1.63 bits per heavy atom. The Balaban J connectivity index is 2.21. The van der Waals surface area contributed by atoms with Crippen molar-refractivity contribution in [2.45, 2.75) is 12.6 Å². The maximum absolute atomic E-state index is 13.0. The molecular weight excluding hydrogens is 431 g/mol. The van der Waals surface area contributed by atoms with E-state index in [1.807, 2.05) is 0 Å². The first kappa shape index (κ1) is 20.9. The van der Waals surface area contributed by atoms with Crippen LogP contribution >= 0.6 is 15.9 Å². The van der Waals surface area contributed by atoms with Crippen molar-refractivity contribution in [3.05, 3.63) is 45.9 Å². The number of methoxy groups -OCH3 is 3. The standard InChI is InChI=1S/C18H17BrF3NO4/c1-25-14-6-10(7-15(26-2)17(14)27-3)8-16(24)23-11-4-5-13(19)12(9-11)18(20,21)22/h4-7,9H,8H2,1-3H3,(H,23,24). The Labute approximate surface area is 162 Å². The molecule has 0 saturated heterocycles. The van der Waals surface area contributed by atoms with Crippen LogP contribution in [0.3, 0.4) is 0 Å². The summed E-state index contributed by atoms with van der Waals surface area (Å²) in [6.07, 6.45) is -4.62. The molecule has 146 valence electrons. The summed E-state index contributed by atoms with van der Waals surface area (Å²) in [6.45, 7) is 0. The number of nitrogens with one attached hydrogen (secondary N) is 1. The number of hydrogen-bond donors (Lipinski definition) is 1. The first-order chi connectivity index (χ1) is 12.7. The van der Waals surface area contributed by atoms with Crippen LogP contribution in [-0.2, 0) is 17.4 Å². The van der Waals surface area contributed by atoms with Gasteiger partial charge >= 0.3 is 6.18 Å². The van der Waals surface area contributed by atoms with Crippen molar-refractivity contribution in [1.82, 2.24) is 0 Å². The molecule has 2 aromatic rings. The molecule has 1 N–H and O–H groups in total. The number of carbonyl (C=O) groups excluding carboxylic acids is 1. The first-order valence-electron chi connectivity index (χ1n) is 7.65. The zero-order chi connectivity index (χ0) is 20.2. The Hall–Kier alpha value is -2.42. The van der Waals surface area contributed by atoms with E-state index in [4.69, 9.17) is 14.2 Å². The Bertz CT molecular complexity index is 815. The highest BCUT2D eigenvalue weighted by Crippen LogP contribution is 2.39. The highest BCUT2D eigenvalue weighted by molar-refractivity contribution is 9.10.